The summed E-state index contributed by atoms with van der Waals surface area (Å²) in [6.07, 6.45) is 1.54. The molecule has 1 amide bonds. The molecule has 0 atom stereocenters. The van der Waals surface area contributed by atoms with Gasteiger partial charge in [-0.2, -0.15) is 5.10 Å². The lowest BCUT2D eigenvalue weighted by Gasteiger charge is -2.34. The van der Waals surface area contributed by atoms with Gasteiger partial charge < -0.3 is 9.64 Å². The third-order valence-corrected chi connectivity index (χ3v) is 4.01. The number of hydrogen-bond donors (Lipinski definition) is 0. The van der Waals surface area contributed by atoms with Crippen molar-refractivity contribution in [1.82, 2.24) is 19.6 Å². The van der Waals surface area contributed by atoms with Gasteiger partial charge >= 0.3 is 6.09 Å². The number of rotatable bonds is 3. The summed E-state index contributed by atoms with van der Waals surface area (Å²) in [6.45, 7) is 7.70. The van der Waals surface area contributed by atoms with Gasteiger partial charge in [0.25, 0.3) is 0 Å². The molecule has 2 rings (SSSR count). The summed E-state index contributed by atoms with van der Waals surface area (Å²) in [5.74, 6) is 0. The van der Waals surface area contributed by atoms with Crippen LogP contribution in [0.2, 0.25) is 0 Å². The summed E-state index contributed by atoms with van der Waals surface area (Å²) in [5.41, 5.74) is 1.16. The molecule has 0 bridgehead atoms. The normalized spacial score (nSPS) is 16.8. The van der Waals surface area contributed by atoms with Crippen LogP contribution in [-0.2, 0) is 18.3 Å². The molecule has 1 saturated heterocycles. The molecule has 1 aromatic heterocycles. The van der Waals surface area contributed by atoms with Gasteiger partial charge in [0.2, 0.25) is 0 Å². The first-order valence-electron chi connectivity index (χ1n) is 6.81. The van der Waals surface area contributed by atoms with Gasteiger partial charge in [0.05, 0.1) is 22.5 Å². The Hall–Kier alpha value is -1.08. The van der Waals surface area contributed by atoms with E-state index in [0.29, 0.717) is 13.1 Å². The Morgan fingerprint density at radius 1 is 1.40 bits per heavy atom. The highest BCUT2D eigenvalue weighted by atomic mass is 79.9. The van der Waals surface area contributed by atoms with Crippen molar-refractivity contribution in [3.05, 3.63) is 16.4 Å². The highest BCUT2D eigenvalue weighted by Crippen LogP contribution is 2.18. The van der Waals surface area contributed by atoms with Crippen LogP contribution in [0.25, 0.3) is 0 Å². The van der Waals surface area contributed by atoms with Crippen LogP contribution in [-0.4, -0.2) is 58.0 Å². The molecule has 0 saturated carbocycles. The van der Waals surface area contributed by atoms with E-state index in [1.165, 1.54) is 0 Å². The van der Waals surface area contributed by atoms with Crippen molar-refractivity contribution in [3.63, 3.8) is 0 Å². The van der Waals surface area contributed by atoms with E-state index in [4.69, 9.17) is 4.74 Å². The number of aryl methyl sites for hydroxylation is 1. The van der Waals surface area contributed by atoms with Gasteiger partial charge in [-0.3, -0.25) is 9.58 Å². The number of hydrogen-bond acceptors (Lipinski definition) is 4. The summed E-state index contributed by atoms with van der Waals surface area (Å²) >= 11 is 3.51. The first-order valence-corrected chi connectivity index (χ1v) is 7.61. The lowest BCUT2D eigenvalue weighted by molar-refractivity contribution is 0.0555. The molecule has 2 heterocycles. The number of halogens is 1. The zero-order chi connectivity index (χ0) is 14.7. The van der Waals surface area contributed by atoms with Crippen molar-refractivity contribution in [3.8, 4) is 0 Å². The molecule has 1 aliphatic heterocycles. The Balaban J connectivity index is 1.84. The summed E-state index contributed by atoms with van der Waals surface area (Å²) in [7, 11) is 1.94. The maximum Gasteiger partial charge on any atom is 0.410 e. The predicted molar refractivity (Wildman–Crippen MR) is 79.4 cm³/mol. The number of carbonyl (C=O) groups excluding carboxylic acids is 1. The quantitative estimate of drug-likeness (QED) is 0.839. The molecule has 0 radical (unpaired) electrons. The zero-order valence-electron chi connectivity index (χ0n) is 12.2. The van der Waals surface area contributed by atoms with Crippen LogP contribution < -0.4 is 0 Å². The fourth-order valence-electron chi connectivity index (χ4n) is 2.19. The van der Waals surface area contributed by atoms with Crippen molar-refractivity contribution in [2.24, 2.45) is 7.05 Å². The first kappa shape index (κ1) is 15.3. The molecule has 0 spiro atoms. The van der Waals surface area contributed by atoms with Gasteiger partial charge in [0.15, 0.2) is 0 Å². The molecule has 20 heavy (non-hydrogen) atoms. The average molecular weight is 345 g/mol. The Morgan fingerprint density at radius 2 is 2.05 bits per heavy atom. The fraction of sp³-hybridized carbons (Fsp3) is 0.692. The summed E-state index contributed by atoms with van der Waals surface area (Å²) in [6, 6.07) is 0. The van der Waals surface area contributed by atoms with Crippen molar-refractivity contribution < 1.29 is 9.53 Å². The smallest absolute Gasteiger partial charge is 0.410 e. The van der Waals surface area contributed by atoms with Crippen LogP contribution >= 0.6 is 15.9 Å². The maximum atomic E-state index is 11.8. The van der Waals surface area contributed by atoms with Crippen LogP contribution in [0.3, 0.4) is 0 Å². The van der Waals surface area contributed by atoms with Gasteiger partial charge in [-0.1, -0.05) is 0 Å². The van der Waals surface area contributed by atoms with Crippen LogP contribution in [0.5, 0.6) is 0 Å². The van der Waals surface area contributed by atoms with Gasteiger partial charge in [-0.15, -0.1) is 0 Å². The minimum Gasteiger partial charge on any atom is -0.447 e. The second-order valence-electron chi connectivity index (χ2n) is 5.26. The lowest BCUT2D eigenvalue weighted by Crippen LogP contribution is -2.49. The lowest BCUT2D eigenvalue weighted by atomic mass is 10.3. The zero-order valence-corrected chi connectivity index (χ0v) is 13.8. The summed E-state index contributed by atoms with van der Waals surface area (Å²) in [5, 5.41) is 4.22. The van der Waals surface area contributed by atoms with Gasteiger partial charge in [0, 0.05) is 39.8 Å². The topological polar surface area (TPSA) is 50.6 Å². The van der Waals surface area contributed by atoms with Gasteiger partial charge in [-0.05, 0) is 29.8 Å². The number of ether oxygens (including phenoxy) is 1. The van der Waals surface area contributed by atoms with E-state index in [0.717, 1.165) is 29.8 Å². The Labute approximate surface area is 127 Å². The number of amides is 1. The van der Waals surface area contributed by atoms with Crippen molar-refractivity contribution in [1.29, 1.82) is 0 Å². The third-order valence-electron chi connectivity index (χ3n) is 3.35. The van der Waals surface area contributed by atoms with E-state index in [-0.39, 0.29) is 12.2 Å². The minimum absolute atomic E-state index is 0.0640. The average Bonchev–Trinajstić information content (AvgIpc) is 2.70. The number of carbonyl (C=O) groups is 1. The van der Waals surface area contributed by atoms with Gasteiger partial charge in [-0.25, -0.2) is 4.79 Å². The molecule has 6 nitrogen and oxygen atoms in total. The van der Waals surface area contributed by atoms with Crippen LogP contribution in [0.1, 0.15) is 19.5 Å². The number of piperazine rings is 1. The van der Waals surface area contributed by atoms with Crippen molar-refractivity contribution >= 4 is 22.0 Å². The molecule has 0 unspecified atom stereocenters. The highest BCUT2D eigenvalue weighted by molar-refractivity contribution is 9.10. The second-order valence-corrected chi connectivity index (χ2v) is 6.11. The highest BCUT2D eigenvalue weighted by Gasteiger charge is 2.23. The van der Waals surface area contributed by atoms with Crippen LogP contribution in [0.15, 0.2) is 10.7 Å². The molecule has 7 heteroatoms. The Kier molecular flexibility index (Phi) is 5.04. The standard InChI is InChI=1S/C13H21BrN4O2/c1-10(2)20-13(19)18-6-4-17(5-7-18)9-12-11(14)8-15-16(12)3/h8,10H,4-7,9H2,1-3H3. The van der Waals surface area contributed by atoms with E-state index in [2.05, 4.69) is 25.9 Å². The van der Waals surface area contributed by atoms with E-state index >= 15 is 0 Å². The molecule has 112 valence electrons. The molecule has 1 aliphatic rings. The largest absolute Gasteiger partial charge is 0.447 e. The summed E-state index contributed by atoms with van der Waals surface area (Å²) in [4.78, 5) is 15.9. The Morgan fingerprint density at radius 3 is 2.55 bits per heavy atom. The second kappa shape index (κ2) is 6.58. The maximum absolute atomic E-state index is 11.8. The number of nitrogens with zero attached hydrogens (tertiary/aromatic N) is 4. The third kappa shape index (κ3) is 3.73. The molecule has 1 fully saturated rings. The van der Waals surface area contributed by atoms with Crippen molar-refractivity contribution in [2.45, 2.75) is 26.5 Å². The predicted octanol–water partition coefficient (Wildman–Crippen LogP) is 1.85. The van der Waals surface area contributed by atoms with Crippen LogP contribution in [0.4, 0.5) is 4.79 Å². The monoisotopic (exact) mass is 344 g/mol. The molecule has 0 aromatic carbocycles. The van der Waals surface area contributed by atoms with E-state index < -0.39 is 0 Å². The van der Waals surface area contributed by atoms with E-state index in [9.17, 15) is 4.79 Å². The molecular weight excluding hydrogens is 324 g/mol. The first-order chi connectivity index (χ1) is 9.47. The molecule has 0 N–H and O–H groups in total. The van der Waals surface area contributed by atoms with Crippen molar-refractivity contribution in [2.75, 3.05) is 26.2 Å². The molecule has 0 aliphatic carbocycles. The van der Waals surface area contributed by atoms with E-state index in [1.807, 2.05) is 31.8 Å². The van der Waals surface area contributed by atoms with Gasteiger partial charge in [0.1, 0.15) is 0 Å². The molecule has 1 aromatic rings. The SMILES string of the molecule is CC(C)OC(=O)N1CCN(Cc2c(Br)cnn2C)CC1. The van der Waals surface area contributed by atoms with E-state index in [1.54, 1.807) is 4.90 Å². The molecular formula is C13H21BrN4O2. The van der Waals surface area contributed by atoms with Crippen LogP contribution in [0, 0.1) is 0 Å². The number of aromatic nitrogens is 2. The minimum atomic E-state index is -0.207. The summed E-state index contributed by atoms with van der Waals surface area (Å²) < 4.78 is 8.12. The Bertz CT molecular complexity index is 447. The fourth-order valence-corrected chi connectivity index (χ4v) is 2.66.